The van der Waals surface area contributed by atoms with Crippen LogP contribution in [0.15, 0.2) is 47.7 Å². The zero-order valence-corrected chi connectivity index (χ0v) is 18.6. The molecule has 0 spiro atoms. The number of guanidine groups is 1. The third-order valence-corrected chi connectivity index (χ3v) is 5.46. The van der Waals surface area contributed by atoms with Crippen LogP contribution in [-0.2, 0) is 11.3 Å². The second-order valence-corrected chi connectivity index (χ2v) is 7.38. The molecule has 8 heteroatoms. The number of halogens is 1. The van der Waals surface area contributed by atoms with E-state index in [4.69, 9.17) is 0 Å². The first-order chi connectivity index (χ1) is 13.1. The van der Waals surface area contributed by atoms with Crippen molar-refractivity contribution in [2.24, 2.45) is 10.9 Å². The standard InChI is InChI=1S/C20H26N6O.HI/c1-24-9-8-21-20(24)22-11-16-10-18(27)25(2)19(16)17-12-23-26(14-17)13-15-6-4-3-5-7-15;/h3-7,12,14,16,19H,8-11,13H2,1-2H3,(H,21,22);1H/t16-,19+;/m0./s1. The maximum atomic E-state index is 12.4. The van der Waals surface area contributed by atoms with Crippen LogP contribution in [0.3, 0.4) is 0 Å². The molecular formula is C20H27IN6O. The van der Waals surface area contributed by atoms with Gasteiger partial charge in [-0.25, -0.2) is 0 Å². The van der Waals surface area contributed by atoms with Gasteiger partial charge in [0.1, 0.15) is 0 Å². The van der Waals surface area contributed by atoms with E-state index in [-0.39, 0.29) is 41.8 Å². The number of aromatic nitrogens is 2. The molecule has 1 aromatic carbocycles. The first-order valence-electron chi connectivity index (χ1n) is 9.43. The van der Waals surface area contributed by atoms with Gasteiger partial charge < -0.3 is 15.1 Å². The zero-order valence-electron chi connectivity index (χ0n) is 16.3. The van der Waals surface area contributed by atoms with E-state index in [1.165, 1.54) is 5.56 Å². The normalized spacial score (nSPS) is 21.6. The summed E-state index contributed by atoms with van der Waals surface area (Å²) in [6, 6.07) is 10.3. The van der Waals surface area contributed by atoms with Crippen LogP contribution in [0.2, 0.25) is 0 Å². The van der Waals surface area contributed by atoms with E-state index in [0.717, 1.165) is 37.7 Å². The van der Waals surface area contributed by atoms with Crippen molar-refractivity contribution in [2.45, 2.75) is 19.0 Å². The fraction of sp³-hybridized carbons (Fsp3) is 0.450. The van der Waals surface area contributed by atoms with Gasteiger partial charge in [-0.15, -0.1) is 24.0 Å². The van der Waals surface area contributed by atoms with Crippen molar-refractivity contribution < 1.29 is 4.79 Å². The Kier molecular flexibility index (Phi) is 6.58. The van der Waals surface area contributed by atoms with Gasteiger partial charge in [0, 0.05) is 51.3 Å². The minimum absolute atomic E-state index is 0. The molecule has 0 radical (unpaired) electrons. The molecule has 1 amide bonds. The number of rotatable bonds is 5. The summed E-state index contributed by atoms with van der Waals surface area (Å²) in [7, 11) is 3.93. The molecule has 7 nitrogen and oxygen atoms in total. The van der Waals surface area contributed by atoms with E-state index in [0.29, 0.717) is 6.42 Å². The summed E-state index contributed by atoms with van der Waals surface area (Å²) < 4.78 is 1.95. The maximum absolute atomic E-state index is 12.4. The van der Waals surface area contributed by atoms with Crippen LogP contribution in [0, 0.1) is 5.92 Å². The van der Waals surface area contributed by atoms with Crippen LogP contribution in [0.4, 0.5) is 0 Å². The van der Waals surface area contributed by atoms with E-state index in [2.05, 4.69) is 38.6 Å². The van der Waals surface area contributed by atoms with Gasteiger partial charge in [-0.05, 0) is 5.56 Å². The maximum Gasteiger partial charge on any atom is 0.223 e. The molecule has 2 atom stereocenters. The van der Waals surface area contributed by atoms with Crippen molar-refractivity contribution in [2.75, 3.05) is 33.7 Å². The summed E-state index contributed by atoms with van der Waals surface area (Å²) in [5, 5.41) is 7.96. The highest BCUT2D eigenvalue weighted by atomic mass is 127. The number of aliphatic imine (C=N–C) groups is 1. The summed E-state index contributed by atoms with van der Waals surface area (Å²) >= 11 is 0. The summed E-state index contributed by atoms with van der Waals surface area (Å²) in [5.41, 5.74) is 2.30. The quantitative estimate of drug-likeness (QED) is 0.646. The highest BCUT2D eigenvalue weighted by molar-refractivity contribution is 14.0. The number of amides is 1. The molecule has 0 unspecified atom stereocenters. The Morgan fingerprint density at radius 3 is 2.71 bits per heavy atom. The van der Waals surface area contributed by atoms with Gasteiger partial charge in [0.2, 0.25) is 5.91 Å². The average molecular weight is 494 g/mol. The number of benzene rings is 1. The number of likely N-dealkylation sites (N-methyl/N-ethyl adjacent to an activating group) is 1. The Morgan fingerprint density at radius 2 is 2.00 bits per heavy atom. The number of nitrogens with zero attached hydrogens (tertiary/aromatic N) is 5. The number of carbonyl (C=O) groups is 1. The molecule has 2 aliphatic rings. The summed E-state index contributed by atoms with van der Waals surface area (Å²) in [5.74, 6) is 1.31. The van der Waals surface area contributed by atoms with Crippen LogP contribution in [-0.4, -0.2) is 65.2 Å². The predicted octanol–water partition coefficient (Wildman–Crippen LogP) is 1.96. The van der Waals surface area contributed by atoms with E-state index >= 15 is 0 Å². The number of hydrogen-bond donors (Lipinski definition) is 1. The lowest BCUT2D eigenvalue weighted by Gasteiger charge is -2.25. The van der Waals surface area contributed by atoms with Crippen molar-refractivity contribution in [3.05, 3.63) is 53.9 Å². The number of nitrogens with one attached hydrogen (secondary N) is 1. The molecule has 1 N–H and O–H groups in total. The molecule has 150 valence electrons. The number of carbonyl (C=O) groups excluding carboxylic acids is 1. The third kappa shape index (κ3) is 4.31. The smallest absolute Gasteiger partial charge is 0.223 e. The van der Waals surface area contributed by atoms with Crippen LogP contribution < -0.4 is 5.32 Å². The van der Waals surface area contributed by atoms with Crippen molar-refractivity contribution >= 4 is 35.8 Å². The van der Waals surface area contributed by atoms with Crippen molar-refractivity contribution in [1.29, 1.82) is 0 Å². The molecule has 0 bridgehead atoms. The molecule has 4 rings (SSSR count). The van der Waals surface area contributed by atoms with Gasteiger partial charge in [0.05, 0.1) is 25.3 Å². The van der Waals surface area contributed by atoms with Gasteiger partial charge in [-0.3, -0.25) is 14.5 Å². The molecule has 3 heterocycles. The van der Waals surface area contributed by atoms with Crippen LogP contribution in [0.1, 0.15) is 23.6 Å². The molecule has 2 aliphatic heterocycles. The largest absolute Gasteiger partial charge is 0.356 e. The minimum atomic E-state index is 0. The summed E-state index contributed by atoms with van der Waals surface area (Å²) in [6.07, 6.45) is 4.52. The van der Waals surface area contributed by atoms with Crippen molar-refractivity contribution in [3.63, 3.8) is 0 Å². The molecule has 0 saturated carbocycles. The van der Waals surface area contributed by atoms with Gasteiger partial charge in [-0.2, -0.15) is 5.10 Å². The second-order valence-electron chi connectivity index (χ2n) is 7.38. The summed E-state index contributed by atoms with van der Waals surface area (Å²) in [6.45, 7) is 3.24. The lowest BCUT2D eigenvalue weighted by atomic mass is 9.96. The first-order valence-corrected chi connectivity index (χ1v) is 9.43. The summed E-state index contributed by atoms with van der Waals surface area (Å²) in [4.78, 5) is 20.8. The van der Waals surface area contributed by atoms with E-state index in [9.17, 15) is 4.79 Å². The molecular weight excluding hydrogens is 467 g/mol. The van der Waals surface area contributed by atoms with E-state index < -0.39 is 0 Å². The third-order valence-electron chi connectivity index (χ3n) is 5.46. The Balaban J connectivity index is 0.00000225. The van der Waals surface area contributed by atoms with Crippen LogP contribution in [0.5, 0.6) is 0 Å². The van der Waals surface area contributed by atoms with Gasteiger partial charge in [0.25, 0.3) is 0 Å². The first kappa shape index (κ1) is 20.6. The fourth-order valence-corrected chi connectivity index (χ4v) is 3.97. The highest BCUT2D eigenvalue weighted by Gasteiger charge is 2.39. The SMILES string of the molecule is CN1CCN=C1NC[C@@H]1CC(=O)N(C)[C@H]1c1cnn(Cc2ccccc2)c1.I. The fourth-order valence-electron chi connectivity index (χ4n) is 3.97. The minimum Gasteiger partial charge on any atom is -0.356 e. The monoisotopic (exact) mass is 494 g/mol. The molecule has 1 saturated heterocycles. The molecule has 2 aromatic rings. The van der Waals surface area contributed by atoms with Crippen LogP contribution in [0.25, 0.3) is 0 Å². The zero-order chi connectivity index (χ0) is 18.8. The molecule has 28 heavy (non-hydrogen) atoms. The van der Waals surface area contributed by atoms with E-state index in [1.807, 2.05) is 48.1 Å². The van der Waals surface area contributed by atoms with Gasteiger partial charge in [-0.1, -0.05) is 30.3 Å². The molecule has 1 fully saturated rings. The Hall–Kier alpha value is -2.10. The van der Waals surface area contributed by atoms with Crippen LogP contribution >= 0.6 is 24.0 Å². The molecule has 1 aromatic heterocycles. The number of hydrogen-bond acceptors (Lipinski definition) is 5. The predicted molar refractivity (Wildman–Crippen MR) is 120 cm³/mol. The lowest BCUT2D eigenvalue weighted by molar-refractivity contribution is -0.127. The Morgan fingerprint density at radius 1 is 1.21 bits per heavy atom. The highest BCUT2D eigenvalue weighted by Crippen LogP contribution is 2.36. The lowest BCUT2D eigenvalue weighted by Crippen LogP contribution is -2.39. The van der Waals surface area contributed by atoms with Gasteiger partial charge >= 0.3 is 0 Å². The molecule has 0 aliphatic carbocycles. The Bertz CT molecular complexity index is 836. The Labute approximate surface area is 182 Å². The van der Waals surface area contributed by atoms with Crippen molar-refractivity contribution in [1.82, 2.24) is 24.9 Å². The second kappa shape index (κ2) is 8.93. The van der Waals surface area contributed by atoms with Gasteiger partial charge in [0.15, 0.2) is 5.96 Å². The average Bonchev–Trinajstić information content (AvgIpc) is 3.35. The topological polar surface area (TPSA) is 65.8 Å². The van der Waals surface area contributed by atoms with Crippen molar-refractivity contribution in [3.8, 4) is 0 Å². The van der Waals surface area contributed by atoms with E-state index in [1.54, 1.807) is 0 Å². The number of likely N-dealkylation sites (tertiary alicyclic amines) is 1.